The van der Waals surface area contributed by atoms with E-state index in [0.717, 1.165) is 60.9 Å². The molecule has 4 aromatic carbocycles. The Morgan fingerprint density at radius 2 is 1.09 bits per heavy atom. The molecule has 0 aliphatic rings. The van der Waals surface area contributed by atoms with Gasteiger partial charge in [-0.3, -0.25) is 0 Å². The first-order chi connectivity index (χ1) is 20.9. The average molecular weight is 633 g/mol. The van der Waals surface area contributed by atoms with Crippen LogP contribution in [0.1, 0.15) is 5.56 Å². The first kappa shape index (κ1) is 25.2. The summed E-state index contributed by atoms with van der Waals surface area (Å²) >= 11 is 11.0. The van der Waals surface area contributed by atoms with E-state index in [-0.39, 0.29) is 11.3 Å². The monoisotopic (exact) mass is 632 g/mol. The lowest BCUT2D eigenvalue weighted by atomic mass is 10.0. The Bertz CT molecular complexity index is 2570. The minimum Gasteiger partial charge on any atom is -0.422 e. The van der Waals surface area contributed by atoms with Gasteiger partial charge in [0.05, 0.1) is 20.5 Å². The summed E-state index contributed by atoms with van der Waals surface area (Å²) < 4.78 is 16.0. The zero-order valence-electron chi connectivity index (χ0n) is 22.3. The molecule has 0 aliphatic heterocycles. The average Bonchev–Trinajstić information content (AvgIpc) is 3.67. The van der Waals surface area contributed by atoms with Crippen molar-refractivity contribution in [3.05, 3.63) is 116 Å². The standard InChI is InChI=1S/C35H17ClO4S3/c1-16-2-6-20-17(10-16)3-8-26-22(20)12-24(34(37)39-26)28-14-30-32(42-28)33-31(41-30)15-29(43-33)25-13-23-21-7-5-19(36)11-18(21)4-9-27(23)40-35(25)38/h2-15H,1H3. The topological polar surface area (TPSA) is 60.4 Å². The summed E-state index contributed by atoms with van der Waals surface area (Å²) in [7, 11) is 0. The van der Waals surface area contributed by atoms with Crippen molar-refractivity contribution in [2.24, 2.45) is 0 Å². The normalized spacial score (nSPS) is 12.1. The molecule has 0 aliphatic carbocycles. The van der Waals surface area contributed by atoms with Gasteiger partial charge in [-0.15, -0.1) is 34.0 Å². The molecule has 0 fully saturated rings. The van der Waals surface area contributed by atoms with Gasteiger partial charge >= 0.3 is 11.3 Å². The van der Waals surface area contributed by atoms with E-state index in [9.17, 15) is 9.59 Å². The third-order valence-corrected chi connectivity index (χ3v) is 12.0. The van der Waals surface area contributed by atoms with E-state index in [0.29, 0.717) is 27.3 Å². The molecule has 5 heterocycles. The Labute approximate surface area is 259 Å². The summed E-state index contributed by atoms with van der Waals surface area (Å²) in [6, 6.07) is 27.6. The quantitative estimate of drug-likeness (QED) is 0.140. The van der Waals surface area contributed by atoms with Crippen LogP contribution in [0.4, 0.5) is 0 Å². The van der Waals surface area contributed by atoms with Crippen molar-refractivity contribution in [1.29, 1.82) is 0 Å². The maximum absolute atomic E-state index is 13.1. The molecule has 0 saturated carbocycles. The Morgan fingerprint density at radius 1 is 0.558 bits per heavy atom. The highest BCUT2D eigenvalue weighted by atomic mass is 35.5. The minimum atomic E-state index is -0.367. The predicted octanol–water partition coefficient (Wildman–Crippen LogP) is 11.0. The minimum absolute atomic E-state index is 0.349. The molecule has 0 saturated heterocycles. The smallest absolute Gasteiger partial charge is 0.345 e. The largest absolute Gasteiger partial charge is 0.422 e. The molecule has 0 spiro atoms. The van der Waals surface area contributed by atoms with E-state index in [1.54, 1.807) is 34.0 Å². The fraction of sp³-hybridized carbons (Fsp3) is 0.0286. The van der Waals surface area contributed by atoms with Crippen molar-refractivity contribution in [2.45, 2.75) is 6.92 Å². The first-order valence-corrected chi connectivity index (χ1v) is 16.3. The molecule has 43 heavy (non-hydrogen) atoms. The van der Waals surface area contributed by atoms with Crippen LogP contribution in [0.25, 0.3) is 83.2 Å². The summed E-state index contributed by atoms with van der Waals surface area (Å²) in [6.45, 7) is 2.07. The molecule has 206 valence electrons. The number of halogens is 1. The second-order valence-electron chi connectivity index (χ2n) is 10.6. The number of hydrogen-bond acceptors (Lipinski definition) is 7. The summed E-state index contributed by atoms with van der Waals surface area (Å²) in [6.07, 6.45) is 0. The van der Waals surface area contributed by atoms with E-state index < -0.39 is 0 Å². The van der Waals surface area contributed by atoms with Gasteiger partial charge in [0.2, 0.25) is 0 Å². The van der Waals surface area contributed by atoms with Gasteiger partial charge in [-0.25, -0.2) is 9.59 Å². The fourth-order valence-electron chi connectivity index (χ4n) is 5.89. The van der Waals surface area contributed by atoms with Crippen LogP contribution in [0.15, 0.2) is 103 Å². The van der Waals surface area contributed by atoms with Crippen LogP contribution < -0.4 is 11.3 Å². The van der Waals surface area contributed by atoms with Crippen LogP contribution in [0.3, 0.4) is 0 Å². The van der Waals surface area contributed by atoms with Crippen LogP contribution in [-0.2, 0) is 0 Å². The number of aryl methyl sites for hydroxylation is 1. The molecular formula is C35H17ClO4S3. The first-order valence-electron chi connectivity index (χ1n) is 13.5. The lowest BCUT2D eigenvalue weighted by Crippen LogP contribution is -2.01. The highest BCUT2D eigenvalue weighted by Gasteiger charge is 2.19. The van der Waals surface area contributed by atoms with E-state index in [4.69, 9.17) is 20.4 Å². The van der Waals surface area contributed by atoms with Gasteiger partial charge in [-0.05, 0) is 77.0 Å². The third-order valence-electron chi connectivity index (χ3n) is 7.94. The van der Waals surface area contributed by atoms with Crippen LogP contribution >= 0.6 is 45.6 Å². The molecular weight excluding hydrogens is 616 g/mol. The van der Waals surface area contributed by atoms with E-state index >= 15 is 0 Å². The van der Waals surface area contributed by atoms with Gasteiger partial charge in [0.25, 0.3) is 0 Å². The predicted molar refractivity (Wildman–Crippen MR) is 183 cm³/mol. The van der Waals surface area contributed by atoms with Crippen molar-refractivity contribution in [2.75, 3.05) is 0 Å². The number of hydrogen-bond donors (Lipinski definition) is 0. The molecule has 0 bridgehead atoms. The molecule has 9 aromatic rings. The van der Waals surface area contributed by atoms with Crippen LogP contribution in [0.2, 0.25) is 5.02 Å². The molecule has 5 aromatic heterocycles. The van der Waals surface area contributed by atoms with E-state index in [1.165, 1.54) is 5.56 Å². The van der Waals surface area contributed by atoms with Gasteiger partial charge < -0.3 is 8.83 Å². The molecule has 0 N–H and O–H groups in total. The summed E-state index contributed by atoms with van der Waals surface area (Å²) in [5.74, 6) is 0. The van der Waals surface area contributed by atoms with Crippen molar-refractivity contribution in [1.82, 2.24) is 0 Å². The second-order valence-corrected chi connectivity index (χ2v) is 14.3. The number of fused-ring (bicyclic) bond motifs is 9. The van der Waals surface area contributed by atoms with Gasteiger partial charge in [-0.2, -0.15) is 0 Å². The Balaban J connectivity index is 1.19. The van der Waals surface area contributed by atoms with Crippen molar-refractivity contribution < 1.29 is 8.83 Å². The molecule has 4 nitrogen and oxygen atoms in total. The maximum atomic E-state index is 13.1. The Kier molecular flexibility index (Phi) is 5.35. The zero-order chi connectivity index (χ0) is 29.0. The Morgan fingerprint density at radius 3 is 1.67 bits per heavy atom. The lowest BCUT2D eigenvalue weighted by Gasteiger charge is -2.05. The van der Waals surface area contributed by atoms with E-state index in [1.807, 2.05) is 54.6 Å². The van der Waals surface area contributed by atoms with Crippen LogP contribution in [0.5, 0.6) is 0 Å². The van der Waals surface area contributed by atoms with E-state index in [2.05, 4.69) is 37.3 Å². The van der Waals surface area contributed by atoms with Crippen LogP contribution in [0, 0.1) is 6.92 Å². The number of rotatable bonds is 2. The SMILES string of the molecule is Cc1ccc2c(ccc3oc(=O)c(-c4cc5sc6cc(-c7cc8c(ccc9cc(Cl)ccc98)oc7=O)sc6c5s4)cc32)c1. The summed E-state index contributed by atoms with van der Waals surface area (Å²) in [4.78, 5) is 28.0. The van der Waals surface area contributed by atoms with Crippen molar-refractivity contribution in [3.8, 4) is 20.9 Å². The summed E-state index contributed by atoms with van der Waals surface area (Å²) in [5, 5.41) is 6.59. The summed E-state index contributed by atoms with van der Waals surface area (Å²) in [5.41, 5.74) is 2.68. The number of benzene rings is 4. The van der Waals surface area contributed by atoms with Crippen molar-refractivity contribution in [3.63, 3.8) is 0 Å². The van der Waals surface area contributed by atoms with Gasteiger partial charge in [0, 0.05) is 34.9 Å². The lowest BCUT2D eigenvalue weighted by molar-refractivity contribution is 0.564. The van der Waals surface area contributed by atoms with Gasteiger partial charge in [-0.1, -0.05) is 53.6 Å². The Hall–Kier alpha value is -4.27. The fourth-order valence-corrected chi connectivity index (χ4v) is 10.1. The van der Waals surface area contributed by atoms with Gasteiger partial charge in [0.1, 0.15) is 11.2 Å². The molecule has 0 amide bonds. The van der Waals surface area contributed by atoms with Gasteiger partial charge in [0.15, 0.2) is 0 Å². The number of thiophene rings is 3. The maximum Gasteiger partial charge on any atom is 0.345 e. The highest BCUT2D eigenvalue weighted by Crippen LogP contribution is 2.48. The molecule has 0 radical (unpaired) electrons. The third kappa shape index (κ3) is 3.86. The molecule has 9 rings (SSSR count). The van der Waals surface area contributed by atoms with Crippen molar-refractivity contribution >= 4 is 108 Å². The van der Waals surface area contributed by atoms with Crippen LogP contribution in [-0.4, -0.2) is 0 Å². The molecule has 0 atom stereocenters. The molecule has 8 heteroatoms. The second kappa shape index (κ2) is 9.11. The highest BCUT2D eigenvalue weighted by molar-refractivity contribution is 7.40. The zero-order valence-corrected chi connectivity index (χ0v) is 25.5. The molecule has 0 unspecified atom stereocenters.